The monoisotopic (exact) mass is 636 g/mol. The maximum absolute atomic E-state index is 13.4. The molecule has 0 spiro atoms. The topological polar surface area (TPSA) is 59.3 Å². The summed E-state index contributed by atoms with van der Waals surface area (Å²) in [7, 11) is 6.44. The lowest BCUT2D eigenvalue weighted by molar-refractivity contribution is -0.870. The minimum atomic E-state index is -0.302. The molecule has 3 rings (SSSR count). The van der Waals surface area contributed by atoms with E-state index in [0.29, 0.717) is 18.1 Å². The van der Waals surface area contributed by atoms with Crippen LogP contribution in [-0.2, 0) is 10.2 Å². The van der Waals surface area contributed by atoms with E-state index in [1.54, 1.807) is 0 Å². The van der Waals surface area contributed by atoms with Crippen LogP contribution in [0.3, 0.4) is 0 Å². The van der Waals surface area contributed by atoms with E-state index in [-0.39, 0.29) is 52.8 Å². The van der Waals surface area contributed by atoms with Crippen molar-refractivity contribution in [1.82, 2.24) is 0 Å². The fraction of sp³-hybridized carbons (Fsp3) is 0.688. The zero-order valence-electron chi connectivity index (χ0n) is 25.1. The van der Waals surface area contributed by atoms with Crippen LogP contribution >= 0.6 is 0 Å². The van der Waals surface area contributed by atoms with Crippen LogP contribution in [0.5, 0.6) is 11.5 Å². The summed E-state index contributed by atoms with van der Waals surface area (Å²) in [5.41, 5.74) is 3.15. The first-order valence-electron chi connectivity index (χ1n) is 14.1. The van der Waals surface area contributed by atoms with Crippen molar-refractivity contribution in [2.45, 2.75) is 103 Å². The van der Waals surface area contributed by atoms with Crippen molar-refractivity contribution >= 4 is 5.97 Å². The highest BCUT2D eigenvalue weighted by Gasteiger charge is 2.46. The Hall–Kier alpha value is -1.59. The SMILES string of the molecule is CC1=CC[C@@H]2[C@@H](C1)c1c(OC(=O)C(C)CC[N+](C)(C)C)cc(C(C)(C)CCCCC#N)cc1OC2(C)C.[I-]. The van der Waals surface area contributed by atoms with Gasteiger partial charge in [-0.1, -0.05) is 38.8 Å². The minimum Gasteiger partial charge on any atom is -1.00 e. The average molecular weight is 637 g/mol. The predicted octanol–water partition coefficient (Wildman–Crippen LogP) is 4.30. The van der Waals surface area contributed by atoms with Crippen molar-refractivity contribution in [3.63, 3.8) is 0 Å². The first-order valence-corrected chi connectivity index (χ1v) is 14.1. The second-order valence-electron chi connectivity index (χ2n) is 13.7. The lowest BCUT2D eigenvalue weighted by Crippen LogP contribution is -3.00. The summed E-state index contributed by atoms with van der Waals surface area (Å²) in [5.74, 6) is 1.80. The number of hydrogen-bond donors (Lipinski definition) is 0. The first-order chi connectivity index (χ1) is 17.1. The summed E-state index contributed by atoms with van der Waals surface area (Å²) < 4.78 is 13.8. The molecule has 212 valence electrons. The summed E-state index contributed by atoms with van der Waals surface area (Å²) in [6.45, 7) is 14.0. The third-order valence-corrected chi connectivity index (χ3v) is 8.46. The zero-order valence-corrected chi connectivity index (χ0v) is 27.3. The van der Waals surface area contributed by atoms with Crippen molar-refractivity contribution in [3.8, 4) is 17.6 Å². The maximum atomic E-state index is 13.4. The van der Waals surface area contributed by atoms with Crippen molar-refractivity contribution < 1.29 is 42.7 Å². The summed E-state index contributed by atoms with van der Waals surface area (Å²) >= 11 is 0. The third-order valence-electron chi connectivity index (χ3n) is 8.46. The van der Waals surface area contributed by atoms with Gasteiger partial charge in [-0.25, -0.2) is 0 Å². The summed E-state index contributed by atoms with van der Waals surface area (Å²) in [5, 5.41) is 8.94. The van der Waals surface area contributed by atoms with Gasteiger partial charge in [0.1, 0.15) is 17.1 Å². The molecule has 6 heteroatoms. The Morgan fingerprint density at radius 2 is 1.95 bits per heavy atom. The number of rotatable bonds is 10. The molecular formula is C32H49IN2O3. The van der Waals surface area contributed by atoms with Crippen molar-refractivity contribution in [2.24, 2.45) is 11.8 Å². The first kappa shape index (κ1) is 32.6. The number of benzene rings is 1. The van der Waals surface area contributed by atoms with Gasteiger partial charge in [-0.05, 0) is 69.6 Å². The van der Waals surface area contributed by atoms with Crippen molar-refractivity contribution in [1.29, 1.82) is 5.26 Å². The van der Waals surface area contributed by atoms with Crippen LogP contribution in [0, 0.1) is 23.2 Å². The van der Waals surface area contributed by atoms with Gasteiger partial charge in [0.05, 0.1) is 39.7 Å². The van der Waals surface area contributed by atoms with E-state index in [4.69, 9.17) is 14.7 Å². The van der Waals surface area contributed by atoms with Gasteiger partial charge in [0.15, 0.2) is 0 Å². The van der Waals surface area contributed by atoms with E-state index in [9.17, 15) is 4.79 Å². The molecule has 38 heavy (non-hydrogen) atoms. The number of halogens is 1. The number of nitrogens with zero attached hydrogens (tertiary/aromatic N) is 2. The smallest absolute Gasteiger partial charge is 0.314 e. The molecule has 0 bridgehead atoms. The molecule has 1 aromatic rings. The molecule has 1 aliphatic heterocycles. The molecule has 0 N–H and O–H groups in total. The van der Waals surface area contributed by atoms with E-state index < -0.39 is 0 Å². The fourth-order valence-corrected chi connectivity index (χ4v) is 5.84. The van der Waals surface area contributed by atoms with Crippen molar-refractivity contribution in [2.75, 3.05) is 27.7 Å². The van der Waals surface area contributed by atoms with Crippen LogP contribution in [0.2, 0.25) is 0 Å². The molecule has 0 fully saturated rings. The molecule has 1 aliphatic carbocycles. The number of unbranched alkanes of at least 4 members (excludes halogenated alkanes) is 2. The number of quaternary nitrogens is 1. The van der Waals surface area contributed by atoms with Gasteiger partial charge in [0.2, 0.25) is 0 Å². The fourth-order valence-electron chi connectivity index (χ4n) is 5.84. The van der Waals surface area contributed by atoms with Crippen LogP contribution < -0.4 is 33.5 Å². The Morgan fingerprint density at radius 1 is 1.26 bits per heavy atom. The van der Waals surface area contributed by atoms with Gasteiger partial charge >= 0.3 is 5.97 Å². The highest BCUT2D eigenvalue weighted by molar-refractivity contribution is 5.76. The summed E-state index contributed by atoms with van der Waals surface area (Å²) in [6.07, 6.45) is 8.48. The lowest BCUT2D eigenvalue weighted by atomic mass is 9.66. The van der Waals surface area contributed by atoms with E-state index in [2.05, 4.69) is 80.0 Å². The van der Waals surface area contributed by atoms with E-state index in [1.165, 1.54) is 5.57 Å². The Morgan fingerprint density at radius 3 is 2.58 bits per heavy atom. The molecule has 1 aromatic carbocycles. The average Bonchev–Trinajstić information content (AvgIpc) is 2.78. The molecule has 0 amide bonds. The van der Waals surface area contributed by atoms with Crippen LogP contribution in [0.25, 0.3) is 0 Å². The van der Waals surface area contributed by atoms with Gasteiger partial charge in [0, 0.05) is 30.2 Å². The van der Waals surface area contributed by atoms with E-state index >= 15 is 0 Å². The number of allylic oxidation sites excluding steroid dienone is 2. The molecule has 0 radical (unpaired) electrons. The highest BCUT2D eigenvalue weighted by atomic mass is 127. The number of carbonyl (C=O) groups is 1. The highest BCUT2D eigenvalue weighted by Crippen LogP contribution is 2.55. The van der Waals surface area contributed by atoms with Crippen LogP contribution in [0.15, 0.2) is 23.8 Å². The molecule has 1 unspecified atom stereocenters. The summed E-state index contributed by atoms with van der Waals surface area (Å²) in [6, 6.07) is 6.56. The summed E-state index contributed by atoms with van der Waals surface area (Å²) in [4.78, 5) is 13.4. The van der Waals surface area contributed by atoms with Gasteiger partial charge in [-0.15, -0.1) is 0 Å². The van der Waals surface area contributed by atoms with Crippen LogP contribution in [0.4, 0.5) is 0 Å². The Labute approximate surface area is 248 Å². The Bertz CT molecular complexity index is 1060. The van der Waals surface area contributed by atoms with Gasteiger partial charge in [0.25, 0.3) is 0 Å². The number of esters is 1. The molecule has 3 atom stereocenters. The number of carbonyl (C=O) groups excluding carboxylic acids is 1. The number of fused-ring (bicyclic) bond motifs is 3. The molecule has 0 saturated carbocycles. The van der Waals surface area contributed by atoms with Gasteiger partial charge in [-0.2, -0.15) is 5.26 Å². The lowest BCUT2D eigenvalue weighted by Gasteiger charge is -2.47. The van der Waals surface area contributed by atoms with E-state index in [1.807, 2.05) is 6.92 Å². The zero-order chi connectivity index (χ0) is 27.6. The number of nitriles is 1. The van der Waals surface area contributed by atoms with E-state index in [0.717, 1.165) is 66.4 Å². The molecule has 1 heterocycles. The standard InChI is InChI=1S/C32H49N2O3.HI/c1-22-13-14-26-25(19-22)29-27(36-30(35)23(2)15-18-34(7,8)9)20-24(21-28(29)37-32(26,5)6)31(3,4)16-11-10-12-17-33;/h13,20-21,23,25-26H,10-12,14-16,18-19H2,1-9H3;1H/q+1;/p-1/t23?,25-,26-;/m1./s1. The third kappa shape index (κ3) is 7.97. The van der Waals surface area contributed by atoms with Crippen LogP contribution in [-0.4, -0.2) is 43.7 Å². The second-order valence-corrected chi connectivity index (χ2v) is 13.7. The molecule has 2 aliphatic rings. The second kappa shape index (κ2) is 12.7. The van der Waals surface area contributed by atoms with Crippen molar-refractivity contribution in [3.05, 3.63) is 34.9 Å². The van der Waals surface area contributed by atoms with Gasteiger partial charge < -0.3 is 37.9 Å². The minimum absolute atomic E-state index is 0. The molecule has 0 aromatic heterocycles. The molecular weight excluding hydrogens is 587 g/mol. The molecule has 5 nitrogen and oxygen atoms in total. The predicted molar refractivity (Wildman–Crippen MR) is 150 cm³/mol. The number of ether oxygens (including phenoxy) is 2. The number of hydrogen-bond acceptors (Lipinski definition) is 4. The van der Waals surface area contributed by atoms with Gasteiger partial charge in [-0.3, -0.25) is 4.79 Å². The molecule has 0 saturated heterocycles. The van der Waals surface area contributed by atoms with Crippen LogP contribution in [0.1, 0.15) is 104 Å². The Kier molecular flexibility index (Phi) is 10.9. The normalized spacial score (nSPS) is 21.0. The largest absolute Gasteiger partial charge is 1.00 e. The maximum Gasteiger partial charge on any atom is 0.314 e. The quantitative estimate of drug-likeness (QED) is 0.0961. The Balaban J connectivity index is 0.00000507.